The smallest absolute Gasteiger partial charge is 0.227 e. The summed E-state index contributed by atoms with van der Waals surface area (Å²) in [5.41, 5.74) is 2.04. The van der Waals surface area contributed by atoms with Gasteiger partial charge in [-0.1, -0.05) is 34.1 Å². The number of rotatable bonds is 3. The maximum atomic E-state index is 12.4. The van der Waals surface area contributed by atoms with Crippen LogP contribution in [-0.4, -0.2) is 42.1 Å². The number of phenolic OH excluding ortho intramolecular Hbond substituents is 1. The van der Waals surface area contributed by atoms with Crippen LogP contribution in [0.25, 0.3) is 0 Å². The number of nitrogens with zero attached hydrogens (tertiary/aromatic N) is 2. The molecule has 1 aliphatic rings. The zero-order valence-electron chi connectivity index (χ0n) is 12.8. The van der Waals surface area contributed by atoms with Gasteiger partial charge in [-0.15, -0.1) is 0 Å². The molecule has 1 amide bonds. The van der Waals surface area contributed by atoms with Crippen LogP contribution in [0.15, 0.2) is 53.0 Å². The molecule has 1 fully saturated rings. The van der Waals surface area contributed by atoms with Crippen LogP contribution in [0.2, 0.25) is 0 Å². The van der Waals surface area contributed by atoms with E-state index >= 15 is 0 Å². The van der Waals surface area contributed by atoms with E-state index in [0.29, 0.717) is 19.5 Å². The first-order valence-corrected chi connectivity index (χ1v) is 8.47. The van der Waals surface area contributed by atoms with Crippen LogP contribution < -0.4 is 4.90 Å². The van der Waals surface area contributed by atoms with Crippen LogP contribution in [0.1, 0.15) is 5.56 Å². The van der Waals surface area contributed by atoms with Gasteiger partial charge >= 0.3 is 0 Å². The highest BCUT2D eigenvalue weighted by Gasteiger charge is 2.21. The Hall–Kier alpha value is -2.01. The molecule has 0 spiro atoms. The van der Waals surface area contributed by atoms with Crippen LogP contribution in [-0.2, 0) is 11.2 Å². The number of aromatic hydroxyl groups is 1. The Morgan fingerprint density at radius 2 is 1.74 bits per heavy atom. The highest BCUT2D eigenvalue weighted by Crippen LogP contribution is 2.21. The van der Waals surface area contributed by atoms with Gasteiger partial charge in [-0.25, -0.2) is 0 Å². The molecule has 0 atom stereocenters. The third kappa shape index (κ3) is 4.05. The molecule has 0 aliphatic carbocycles. The first kappa shape index (κ1) is 15.9. The van der Waals surface area contributed by atoms with E-state index in [1.54, 1.807) is 12.1 Å². The highest BCUT2D eigenvalue weighted by atomic mass is 79.9. The van der Waals surface area contributed by atoms with Gasteiger partial charge in [-0.3, -0.25) is 4.79 Å². The van der Waals surface area contributed by atoms with Crippen molar-refractivity contribution >= 4 is 27.5 Å². The molecule has 0 unspecified atom stereocenters. The lowest BCUT2D eigenvalue weighted by Gasteiger charge is -2.36. The molecule has 1 saturated heterocycles. The van der Waals surface area contributed by atoms with E-state index in [4.69, 9.17) is 0 Å². The normalized spacial score (nSPS) is 14.8. The zero-order valence-corrected chi connectivity index (χ0v) is 14.4. The Labute approximate surface area is 144 Å². The summed E-state index contributed by atoms with van der Waals surface area (Å²) in [6, 6.07) is 15.1. The second-order valence-electron chi connectivity index (χ2n) is 5.69. The van der Waals surface area contributed by atoms with Crippen LogP contribution in [0.5, 0.6) is 5.75 Å². The molecule has 3 rings (SSSR count). The van der Waals surface area contributed by atoms with Crippen molar-refractivity contribution in [3.63, 3.8) is 0 Å². The van der Waals surface area contributed by atoms with E-state index in [1.165, 1.54) is 0 Å². The molecule has 120 valence electrons. The lowest BCUT2D eigenvalue weighted by molar-refractivity contribution is -0.130. The summed E-state index contributed by atoms with van der Waals surface area (Å²) >= 11 is 3.40. The maximum Gasteiger partial charge on any atom is 0.227 e. The van der Waals surface area contributed by atoms with E-state index in [2.05, 4.69) is 20.8 Å². The molecular formula is C18H19BrN2O2. The van der Waals surface area contributed by atoms with Crippen LogP contribution in [0.4, 0.5) is 5.69 Å². The van der Waals surface area contributed by atoms with Gasteiger partial charge < -0.3 is 14.9 Å². The standard InChI is InChI=1S/C18H19BrN2O2/c19-15-6-4-14(5-7-15)12-18(23)21-10-8-20(9-11-21)16-2-1-3-17(22)13-16/h1-7,13,22H,8-12H2. The van der Waals surface area contributed by atoms with Gasteiger partial charge in [0.05, 0.1) is 6.42 Å². The van der Waals surface area contributed by atoms with Crippen molar-refractivity contribution in [2.75, 3.05) is 31.1 Å². The van der Waals surface area contributed by atoms with Gasteiger partial charge in [-0.2, -0.15) is 0 Å². The zero-order chi connectivity index (χ0) is 16.2. The minimum absolute atomic E-state index is 0.169. The number of hydrogen-bond acceptors (Lipinski definition) is 3. The lowest BCUT2D eigenvalue weighted by atomic mass is 10.1. The molecule has 5 heteroatoms. The predicted octanol–water partition coefficient (Wildman–Crippen LogP) is 3.05. The molecule has 0 aromatic heterocycles. The molecule has 0 bridgehead atoms. The molecular weight excluding hydrogens is 356 g/mol. The molecule has 0 saturated carbocycles. The van der Waals surface area contributed by atoms with Gasteiger partial charge in [0.2, 0.25) is 5.91 Å². The van der Waals surface area contributed by atoms with Gasteiger partial charge in [0.25, 0.3) is 0 Å². The molecule has 1 N–H and O–H groups in total. The highest BCUT2D eigenvalue weighted by molar-refractivity contribution is 9.10. The topological polar surface area (TPSA) is 43.8 Å². The van der Waals surface area contributed by atoms with Gasteiger partial charge in [-0.05, 0) is 29.8 Å². The Balaban J connectivity index is 1.56. The summed E-state index contributed by atoms with van der Waals surface area (Å²) in [6.45, 7) is 3.00. The fourth-order valence-electron chi connectivity index (χ4n) is 2.79. The summed E-state index contributed by atoms with van der Waals surface area (Å²) in [4.78, 5) is 16.5. The van der Waals surface area contributed by atoms with E-state index < -0.39 is 0 Å². The molecule has 2 aromatic rings. The summed E-state index contributed by atoms with van der Waals surface area (Å²) in [6.07, 6.45) is 0.444. The molecule has 23 heavy (non-hydrogen) atoms. The largest absolute Gasteiger partial charge is 0.508 e. The summed E-state index contributed by atoms with van der Waals surface area (Å²) in [5, 5.41) is 9.57. The Morgan fingerprint density at radius 1 is 1.04 bits per heavy atom. The van der Waals surface area contributed by atoms with E-state index in [-0.39, 0.29) is 11.7 Å². The fraction of sp³-hybridized carbons (Fsp3) is 0.278. The average Bonchev–Trinajstić information content (AvgIpc) is 2.57. The first-order chi connectivity index (χ1) is 11.1. The minimum Gasteiger partial charge on any atom is -0.508 e. The number of benzene rings is 2. The second-order valence-corrected chi connectivity index (χ2v) is 6.61. The summed E-state index contributed by atoms with van der Waals surface area (Å²) in [7, 11) is 0. The van der Waals surface area contributed by atoms with Crippen molar-refractivity contribution in [1.29, 1.82) is 0 Å². The number of halogens is 1. The van der Waals surface area contributed by atoms with Crippen molar-refractivity contribution < 1.29 is 9.90 Å². The van der Waals surface area contributed by atoms with E-state index in [0.717, 1.165) is 28.8 Å². The van der Waals surface area contributed by atoms with Crippen molar-refractivity contribution in [1.82, 2.24) is 4.90 Å². The first-order valence-electron chi connectivity index (χ1n) is 7.68. The number of anilines is 1. The number of carbonyl (C=O) groups excluding carboxylic acids is 1. The van der Waals surface area contributed by atoms with Crippen LogP contribution >= 0.6 is 15.9 Å². The molecule has 0 radical (unpaired) electrons. The predicted molar refractivity (Wildman–Crippen MR) is 94.7 cm³/mol. The molecule has 4 nitrogen and oxygen atoms in total. The Morgan fingerprint density at radius 3 is 2.39 bits per heavy atom. The van der Waals surface area contributed by atoms with Crippen molar-refractivity contribution in [3.8, 4) is 5.75 Å². The van der Waals surface area contributed by atoms with Gasteiger partial charge in [0.1, 0.15) is 5.75 Å². The van der Waals surface area contributed by atoms with Gasteiger partial charge in [0.15, 0.2) is 0 Å². The summed E-state index contributed by atoms with van der Waals surface area (Å²) < 4.78 is 1.02. The molecule has 2 aromatic carbocycles. The quantitative estimate of drug-likeness (QED) is 0.897. The van der Waals surface area contributed by atoms with Crippen LogP contribution in [0.3, 0.4) is 0 Å². The Bertz CT molecular complexity index is 680. The van der Waals surface area contributed by atoms with Crippen molar-refractivity contribution in [3.05, 3.63) is 58.6 Å². The summed E-state index contributed by atoms with van der Waals surface area (Å²) in [5.74, 6) is 0.444. The number of phenols is 1. The van der Waals surface area contributed by atoms with E-state index in [1.807, 2.05) is 41.3 Å². The molecule has 1 aliphatic heterocycles. The minimum atomic E-state index is 0.169. The van der Waals surface area contributed by atoms with Gasteiger partial charge in [0, 0.05) is 42.4 Å². The lowest BCUT2D eigenvalue weighted by Crippen LogP contribution is -2.49. The van der Waals surface area contributed by atoms with Crippen LogP contribution in [0, 0.1) is 0 Å². The maximum absolute atomic E-state index is 12.4. The third-order valence-electron chi connectivity index (χ3n) is 4.10. The second kappa shape index (κ2) is 7.04. The molecule has 1 heterocycles. The Kier molecular flexibility index (Phi) is 4.86. The SMILES string of the molecule is O=C(Cc1ccc(Br)cc1)N1CCN(c2cccc(O)c2)CC1. The fourth-order valence-corrected chi connectivity index (χ4v) is 3.06. The van der Waals surface area contributed by atoms with Crippen molar-refractivity contribution in [2.24, 2.45) is 0 Å². The van der Waals surface area contributed by atoms with Crippen molar-refractivity contribution in [2.45, 2.75) is 6.42 Å². The number of hydrogen-bond donors (Lipinski definition) is 1. The third-order valence-corrected chi connectivity index (χ3v) is 4.62. The number of amides is 1. The monoisotopic (exact) mass is 374 g/mol. The average molecular weight is 375 g/mol. The number of piperazine rings is 1. The van der Waals surface area contributed by atoms with E-state index in [9.17, 15) is 9.90 Å². The number of carbonyl (C=O) groups is 1.